The van der Waals surface area contributed by atoms with E-state index in [4.69, 9.17) is 0 Å². The van der Waals surface area contributed by atoms with E-state index in [1.165, 1.54) is 23.3 Å². The third-order valence-electron chi connectivity index (χ3n) is 5.16. The molecule has 0 radical (unpaired) electrons. The molecule has 0 saturated carbocycles. The molecule has 2 aromatic carbocycles. The number of nitrogens with one attached hydrogen (secondary N) is 1. The van der Waals surface area contributed by atoms with Crippen molar-refractivity contribution in [3.8, 4) is 5.69 Å². The predicted molar refractivity (Wildman–Crippen MR) is 113 cm³/mol. The smallest absolute Gasteiger partial charge is 0.301 e. The molecule has 0 atom stereocenters. The molecule has 30 heavy (non-hydrogen) atoms. The molecular weight excluding hydrogens is 386 g/mol. The van der Waals surface area contributed by atoms with Crippen molar-refractivity contribution in [2.24, 2.45) is 5.10 Å². The summed E-state index contributed by atoms with van der Waals surface area (Å²) in [4.78, 5) is 20.9. The molecule has 1 aromatic heterocycles. The molecule has 0 unspecified atom stereocenters. The second-order valence-corrected chi connectivity index (χ2v) is 7.02. The highest BCUT2D eigenvalue weighted by Crippen LogP contribution is 2.30. The Hall–Kier alpha value is -4.01. The van der Waals surface area contributed by atoms with Crippen LogP contribution in [0.3, 0.4) is 0 Å². The van der Waals surface area contributed by atoms with Crippen LogP contribution in [0.4, 0.5) is 17.1 Å². The Morgan fingerprint density at radius 1 is 1.00 bits per heavy atom. The molecule has 0 saturated heterocycles. The average molecular weight is 405 g/mol. The topological polar surface area (TPSA) is 116 Å². The number of para-hydroxylation sites is 1. The van der Waals surface area contributed by atoms with Gasteiger partial charge in [-0.25, -0.2) is 0 Å². The Balaban J connectivity index is 1.68. The van der Waals surface area contributed by atoms with E-state index in [0.717, 1.165) is 43.1 Å². The lowest BCUT2D eigenvalue weighted by molar-refractivity contribution is -0.393. The van der Waals surface area contributed by atoms with Gasteiger partial charge in [-0.2, -0.15) is 5.10 Å². The van der Waals surface area contributed by atoms with E-state index in [0.29, 0.717) is 0 Å². The highest BCUT2D eigenvalue weighted by atomic mass is 16.6. The van der Waals surface area contributed by atoms with Crippen molar-refractivity contribution in [3.63, 3.8) is 0 Å². The van der Waals surface area contributed by atoms with Crippen LogP contribution in [0, 0.1) is 20.2 Å². The number of hydrogen-bond acceptors (Lipinski definition) is 6. The van der Waals surface area contributed by atoms with Crippen LogP contribution in [0.25, 0.3) is 5.69 Å². The average Bonchev–Trinajstić information content (AvgIpc) is 3.13. The fraction of sp³-hybridized carbons (Fsp3) is 0.190. The van der Waals surface area contributed by atoms with E-state index < -0.39 is 15.5 Å². The van der Waals surface area contributed by atoms with E-state index in [2.05, 4.69) is 21.3 Å². The van der Waals surface area contributed by atoms with E-state index in [1.807, 2.05) is 30.3 Å². The molecule has 3 aromatic rings. The molecule has 9 nitrogen and oxygen atoms in total. The molecule has 1 N–H and O–H groups in total. The van der Waals surface area contributed by atoms with Crippen molar-refractivity contribution in [3.05, 3.63) is 91.8 Å². The zero-order valence-corrected chi connectivity index (χ0v) is 16.0. The van der Waals surface area contributed by atoms with Crippen LogP contribution in [0.1, 0.15) is 29.7 Å². The van der Waals surface area contributed by atoms with E-state index >= 15 is 0 Å². The van der Waals surface area contributed by atoms with Crippen LogP contribution in [0.2, 0.25) is 0 Å². The third kappa shape index (κ3) is 3.77. The van der Waals surface area contributed by atoms with Crippen molar-refractivity contribution in [1.82, 2.24) is 4.57 Å². The number of aryl methyl sites for hydroxylation is 1. The summed E-state index contributed by atoms with van der Waals surface area (Å²) < 4.78 is 2.07. The molecule has 0 bridgehead atoms. The van der Waals surface area contributed by atoms with Gasteiger partial charge in [0, 0.05) is 18.0 Å². The van der Waals surface area contributed by atoms with Crippen LogP contribution in [-0.2, 0) is 12.8 Å². The first kappa shape index (κ1) is 19.3. The summed E-state index contributed by atoms with van der Waals surface area (Å²) >= 11 is 0. The van der Waals surface area contributed by atoms with Gasteiger partial charge in [-0.1, -0.05) is 18.2 Å². The number of benzene rings is 2. The Bertz CT molecular complexity index is 1140. The molecule has 9 heteroatoms. The normalized spacial score (nSPS) is 13.2. The number of rotatable bonds is 6. The monoisotopic (exact) mass is 405 g/mol. The number of fused-ring (bicyclic) bond motifs is 1. The maximum absolute atomic E-state index is 11.3. The number of nitro benzene ring substituents is 2. The lowest BCUT2D eigenvalue weighted by Crippen LogP contribution is -2.05. The predicted octanol–water partition coefficient (Wildman–Crippen LogP) is 4.62. The maximum Gasteiger partial charge on any atom is 0.301 e. The summed E-state index contributed by atoms with van der Waals surface area (Å²) in [5.74, 6) is 0. The molecule has 152 valence electrons. The van der Waals surface area contributed by atoms with Crippen LogP contribution in [0.5, 0.6) is 0 Å². The van der Waals surface area contributed by atoms with Crippen LogP contribution in [-0.4, -0.2) is 20.6 Å². The minimum Gasteiger partial charge on any atom is -0.315 e. The molecule has 1 aliphatic rings. The van der Waals surface area contributed by atoms with Crippen LogP contribution < -0.4 is 5.43 Å². The lowest BCUT2D eigenvalue weighted by Gasteiger charge is -2.11. The second-order valence-electron chi connectivity index (χ2n) is 7.02. The number of nitrogens with zero attached hydrogens (tertiary/aromatic N) is 4. The van der Waals surface area contributed by atoms with Gasteiger partial charge in [0.1, 0.15) is 5.69 Å². The first-order chi connectivity index (χ1) is 14.5. The minimum absolute atomic E-state index is 0.0912. The number of anilines is 1. The van der Waals surface area contributed by atoms with E-state index in [9.17, 15) is 20.2 Å². The Morgan fingerprint density at radius 3 is 2.50 bits per heavy atom. The number of aromatic nitrogens is 1. The number of non-ortho nitro benzene ring substituents is 1. The van der Waals surface area contributed by atoms with E-state index in [1.54, 1.807) is 6.21 Å². The molecule has 0 spiro atoms. The van der Waals surface area contributed by atoms with Gasteiger partial charge < -0.3 is 4.57 Å². The Labute approximate surface area is 172 Å². The Kier molecular flexibility index (Phi) is 5.25. The van der Waals surface area contributed by atoms with Gasteiger partial charge in [0.05, 0.1) is 27.8 Å². The summed E-state index contributed by atoms with van der Waals surface area (Å²) in [7, 11) is 0. The zero-order chi connectivity index (χ0) is 21.1. The van der Waals surface area contributed by atoms with Crippen molar-refractivity contribution in [1.29, 1.82) is 0 Å². The van der Waals surface area contributed by atoms with Gasteiger partial charge in [0.15, 0.2) is 0 Å². The minimum atomic E-state index is -0.668. The maximum atomic E-state index is 11.3. The highest BCUT2D eigenvalue weighted by Gasteiger charge is 2.20. The Morgan fingerprint density at radius 2 is 1.77 bits per heavy atom. The molecule has 0 aliphatic heterocycles. The van der Waals surface area contributed by atoms with Crippen molar-refractivity contribution in [2.75, 3.05) is 5.43 Å². The molecular formula is C21H19N5O4. The molecule has 4 rings (SSSR count). The summed E-state index contributed by atoms with van der Waals surface area (Å²) in [6.07, 6.45) is 8.00. The lowest BCUT2D eigenvalue weighted by atomic mass is 9.94. The van der Waals surface area contributed by atoms with Gasteiger partial charge in [0.2, 0.25) is 0 Å². The summed E-state index contributed by atoms with van der Waals surface area (Å²) in [5.41, 5.74) is 6.47. The SMILES string of the molecule is O=[N+]([O-])c1ccc(N/N=C\c2c3c(cn2-c2ccccc2)CCCC3)c([N+](=O)[O-])c1. The number of nitro groups is 2. The molecule has 1 heterocycles. The van der Waals surface area contributed by atoms with E-state index in [-0.39, 0.29) is 11.4 Å². The van der Waals surface area contributed by atoms with Gasteiger partial charge in [-0.15, -0.1) is 0 Å². The fourth-order valence-corrected chi connectivity index (χ4v) is 3.72. The van der Waals surface area contributed by atoms with Gasteiger partial charge in [-0.05, 0) is 55.0 Å². The van der Waals surface area contributed by atoms with Crippen molar-refractivity contribution in [2.45, 2.75) is 25.7 Å². The first-order valence-electron chi connectivity index (χ1n) is 9.55. The summed E-state index contributed by atoms with van der Waals surface area (Å²) in [6.45, 7) is 0. The number of hydrazone groups is 1. The first-order valence-corrected chi connectivity index (χ1v) is 9.55. The largest absolute Gasteiger partial charge is 0.315 e. The molecule has 0 amide bonds. The van der Waals surface area contributed by atoms with Crippen LogP contribution in [0.15, 0.2) is 59.8 Å². The molecule has 1 aliphatic carbocycles. The van der Waals surface area contributed by atoms with Crippen LogP contribution >= 0.6 is 0 Å². The van der Waals surface area contributed by atoms with Gasteiger partial charge in [0.25, 0.3) is 5.69 Å². The zero-order valence-electron chi connectivity index (χ0n) is 16.0. The standard InChI is InChI=1S/C21H19N5O4/c27-25(28)17-10-11-19(20(12-17)26(29)30)23-22-13-21-18-9-5-4-6-15(18)14-24(21)16-7-2-1-3-8-16/h1-3,7-8,10-14,23H,4-6,9H2/b22-13-. The molecule has 0 fully saturated rings. The van der Waals surface area contributed by atoms with Gasteiger partial charge >= 0.3 is 5.69 Å². The summed E-state index contributed by atoms with van der Waals surface area (Å²) in [5, 5.41) is 26.4. The highest BCUT2D eigenvalue weighted by molar-refractivity contribution is 5.83. The summed E-state index contributed by atoms with van der Waals surface area (Å²) in [6, 6.07) is 13.3. The van der Waals surface area contributed by atoms with Crippen molar-refractivity contribution >= 4 is 23.3 Å². The quantitative estimate of drug-likeness (QED) is 0.365. The second kappa shape index (κ2) is 8.16. The third-order valence-corrected chi connectivity index (χ3v) is 5.16. The van der Waals surface area contributed by atoms with Gasteiger partial charge in [-0.3, -0.25) is 25.7 Å². The van der Waals surface area contributed by atoms with Crippen molar-refractivity contribution < 1.29 is 9.85 Å². The fourth-order valence-electron chi connectivity index (χ4n) is 3.72. The number of hydrogen-bond donors (Lipinski definition) is 1.